The van der Waals surface area contributed by atoms with Crippen LogP contribution in [0, 0.1) is 0 Å². The summed E-state index contributed by atoms with van der Waals surface area (Å²) < 4.78 is 6.63. The monoisotopic (exact) mass is 354 g/mol. The van der Waals surface area contributed by atoms with Gasteiger partial charge in [0.2, 0.25) is 5.91 Å². The Kier molecular flexibility index (Phi) is 6.07. The van der Waals surface area contributed by atoms with Crippen LogP contribution in [0.2, 0.25) is 10.0 Å². The highest BCUT2D eigenvalue weighted by atomic mass is 35.5. The van der Waals surface area contributed by atoms with Crippen LogP contribution >= 0.6 is 23.2 Å². The fourth-order valence-corrected chi connectivity index (χ4v) is 2.24. The van der Waals surface area contributed by atoms with E-state index in [-0.39, 0.29) is 23.8 Å². The summed E-state index contributed by atoms with van der Waals surface area (Å²) in [7, 11) is 0. The molecule has 0 aliphatic rings. The van der Waals surface area contributed by atoms with Crippen molar-refractivity contribution in [3.8, 4) is 5.75 Å². The van der Waals surface area contributed by atoms with Crippen LogP contribution in [0.4, 0.5) is 5.69 Å². The molecule has 0 aliphatic carbocycles. The second kappa shape index (κ2) is 8.04. The normalized spacial score (nSPS) is 10.4. The van der Waals surface area contributed by atoms with Crippen molar-refractivity contribution in [3.63, 3.8) is 0 Å². The van der Waals surface area contributed by atoms with E-state index in [1.807, 2.05) is 6.92 Å². The van der Waals surface area contributed by atoms with Gasteiger partial charge in [-0.3, -0.25) is 9.59 Å². The van der Waals surface area contributed by atoms with Crippen LogP contribution in [0.25, 0.3) is 0 Å². The summed E-state index contributed by atoms with van der Waals surface area (Å²) >= 11 is 11.9. The number of nitrogens with zero attached hydrogens (tertiary/aromatic N) is 1. The molecule has 1 aromatic carbocycles. The molecule has 0 aliphatic heterocycles. The van der Waals surface area contributed by atoms with Gasteiger partial charge in [-0.25, -0.2) is 0 Å². The van der Waals surface area contributed by atoms with Gasteiger partial charge in [-0.15, -0.1) is 0 Å². The number of hydrogen-bond donors (Lipinski definition) is 1. The molecule has 0 unspecified atom stereocenters. The molecule has 1 N–H and O–H groups in total. The molecule has 2 aromatic rings. The third-order valence-electron chi connectivity index (χ3n) is 2.96. The van der Waals surface area contributed by atoms with Gasteiger partial charge in [-0.2, -0.15) is 0 Å². The zero-order chi connectivity index (χ0) is 16.8. The summed E-state index contributed by atoms with van der Waals surface area (Å²) in [6.45, 7) is 2.25. The number of hydrogen-bond acceptors (Lipinski definition) is 3. The number of carbonyl (C=O) groups excluding carboxylic acids is 1. The number of amides is 1. The fraction of sp³-hybridized carbons (Fsp3) is 0.250. The lowest BCUT2D eigenvalue weighted by atomic mass is 10.3. The number of ether oxygens (including phenoxy) is 1. The molecule has 23 heavy (non-hydrogen) atoms. The van der Waals surface area contributed by atoms with Crippen LogP contribution in [-0.2, 0) is 11.3 Å². The Morgan fingerprint density at radius 1 is 1.30 bits per heavy atom. The Balaban J connectivity index is 2.11. The molecular weight excluding hydrogens is 339 g/mol. The summed E-state index contributed by atoms with van der Waals surface area (Å²) in [6.07, 6.45) is 2.32. The third kappa shape index (κ3) is 4.74. The third-order valence-corrected chi connectivity index (χ3v) is 3.53. The molecule has 2 rings (SSSR count). The molecule has 0 spiro atoms. The Labute approximate surface area is 143 Å². The van der Waals surface area contributed by atoms with Gasteiger partial charge in [-0.1, -0.05) is 30.1 Å². The van der Waals surface area contributed by atoms with Gasteiger partial charge in [0.1, 0.15) is 6.54 Å². The fourth-order valence-electron chi connectivity index (χ4n) is 1.90. The van der Waals surface area contributed by atoms with Crippen molar-refractivity contribution >= 4 is 34.8 Å². The van der Waals surface area contributed by atoms with Crippen molar-refractivity contribution in [2.75, 3.05) is 11.9 Å². The van der Waals surface area contributed by atoms with Crippen LogP contribution in [0.1, 0.15) is 13.3 Å². The zero-order valence-corrected chi connectivity index (χ0v) is 14.0. The molecule has 0 saturated carbocycles. The van der Waals surface area contributed by atoms with Gasteiger partial charge in [0, 0.05) is 11.2 Å². The highest BCUT2D eigenvalue weighted by molar-refractivity contribution is 6.35. The number of aromatic nitrogens is 1. The van der Waals surface area contributed by atoms with Crippen LogP contribution in [0.3, 0.4) is 0 Å². The van der Waals surface area contributed by atoms with E-state index < -0.39 is 0 Å². The highest BCUT2D eigenvalue weighted by Gasteiger charge is 2.10. The van der Waals surface area contributed by atoms with Crippen molar-refractivity contribution < 1.29 is 9.53 Å². The van der Waals surface area contributed by atoms with Crippen LogP contribution < -0.4 is 15.6 Å². The number of carbonyl (C=O) groups is 1. The summed E-state index contributed by atoms with van der Waals surface area (Å²) in [5.74, 6) is -0.160. The molecule has 0 saturated heterocycles. The van der Waals surface area contributed by atoms with E-state index in [2.05, 4.69) is 5.32 Å². The van der Waals surface area contributed by atoms with Gasteiger partial charge < -0.3 is 14.6 Å². The predicted octanol–water partition coefficient (Wildman–Crippen LogP) is 3.58. The second-order valence-electron chi connectivity index (χ2n) is 4.83. The quantitative estimate of drug-likeness (QED) is 0.862. The maximum absolute atomic E-state index is 12.2. The zero-order valence-electron chi connectivity index (χ0n) is 12.5. The average molecular weight is 355 g/mol. The Hall–Kier alpha value is -1.98. The number of pyridine rings is 1. The number of rotatable bonds is 6. The minimum Gasteiger partial charge on any atom is -0.488 e. The van der Waals surface area contributed by atoms with Gasteiger partial charge in [0.15, 0.2) is 5.75 Å². The maximum Gasteiger partial charge on any atom is 0.293 e. The molecule has 1 heterocycles. The molecule has 5 nitrogen and oxygen atoms in total. The first-order valence-corrected chi connectivity index (χ1v) is 7.84. The first-order valence-electron chi connectivity index (χ1n) is 7.08. The van der Waals surface area contributed by atoms with E-state index in [9.17, 15) is 9.59 Å². The molecule has 122 valence electrons. The Morgan fingerprint density at radius 3 is 2.83 bits per heavy atom. The average Bonchev–Trinajstić information content (AvgIpc) is 2.52. The topological polar surface area (TPSA) is 60.3 Å². The Bertz CT molecular complexity index is 759. The number of anilines is 1. The largest absolute Gasteiger partial charge is 0.488 e. The van der Waals surface area contributed by atoms with E-state index >= 15 is 0 Å². The van der Waals surface area contributed by atoms with Crippen molar-refractivity contribution in [2.45, 2.75) is 19.9 Å². The minimum atomic E-state index is -0.385. The first-order chi connectivity index (χ1) is 11.0. The van der Waals surface area contributed by atoms with E-state index in [1.165, 1.54) is 10.8 Å². The Morgan fingerprint density at radius 2 is 2.09 bits per heavy atom. The van der Waals surface area contributed by atoms with Crippen molar-refractivity contribution in [1.29, 1.82) is 0 Å². The molecular formula is C16H16Cl2N2O3. The van der Waals surface area contributed by atoms with Gasteiger partial charge in [0.25, 0.3) is 5.56 Å². The van der Waals surface area contributed by atoms with E-state index in [0.29, 0.717) is 22.3 Å². The summed E-state index contributed by atoms with van der Waals surface area (Å²) in [5, 5.41) is 3.46. The summed E-state index contributed by atoms with van der Waals surface area (Å²) in [6, 6.07) is 8.00. The minimum absolute atomic E-state index is 0.148. The smallest absolute Gasteiger partial charge is 0.293 e. The van der Waals surface area contributed by atoms with Gasteiger partial charge in [0.05, 0.1) is 17.3 Å². The standard InChI is InChI=1S/C16H16Cl2N2O3/c1-2-8-23-14-4-3-7-20(16(14)22)10-15(21)19-13-9-11(17)5-6-12(13)18/h3-7,9H,2,8,10H2,1H3,(H,19,21). The van der Waals surface area contributed by atoms with Crippen LogP contribution in [0.5, 0.6) is 5.75 Å². The highest BCUT2D eigenvalue weighted by Crippen LogP contribution is 2.25. The molecule has 0 fully saturated rings. The van der Waals surface area contributed by atoms with Crippen molar-refractivity contribution in [1.82, 2.24) is 4.57 Å². The lowest BCUT2D eigenvalue weighted by Crippen LogP contribution is -2.28. The van der Waals surface area contributed by atoms with Crippen molar-refractivity contribution in [3.05, 3.63) is 56.9 Å². The van der Waals surface area contributed by atoms with Gasteiger partial charge >= 0.3 is 0 Å². The maximum atomic E-state index is 12.2. The number of halogens is 2. The lowest BCUT2D eigenvalue weighted by molar-refractivity contribution is -0.116. The molecule has 7 heteroatoms. The van der Waals surface area contributed by atoms with E-state index in [0.717, 1.165) is 6.42 Å². The number of nitrogens with one attached hydrogen (secondary N) is 1. The van der Waals surface area contributed by atoms with Gasteiger partial charge in [-0.05, 0) is 36.8 Å². The second-order valence-corrected chi connectivity index (χ2v) is 5.67. The first kappa shape index (κ1) is 17.4. The molecule has 0 radical (unpaired) electrons. The SMILES string of the molecule is CCCOc1cccn(CC(=O)Nc2cc(Cl)ccc2Cl)c1=O. The predicted molar refractivity (Wildman–Crippen MR) is 91.6 cm³/mol. The molecule has 1 amide bonds. The number of benzene rings is 1. The summed E-state index contributed by atoms with van der Waals surface area (Å²) in [4.78, 5) is 24.3. The van der Waals surface area contributed by atoms with Crippen molar-refractivity contribution in [2.24, 2.45) is 0 Å². The van der Waals surface area contributed by atoms with E-state index in [1.54, 1.807) is 30.3 Å². The van der Waals surface area contributed by atoms with Crippen LogP contribution in [-0.4, -0.2) is 17.1 Å². The van der Waals surface area contributed by atoms with Crippen LogP contribution in [0.15, 0.2) is 41.3 Å². The van der Waals surface area contributed by atoms with E-state index in [4.69, 9.17) is 27.9 Å². The lowest BCUT2D eigenvalue weighted by Gasteiger charge is -2.10. The molecule has 0 bridgehead atoms. The summed E-state index contributed by atoms with van der Waals surface area (Å²) in [5.41, 5.74) is 0.0453. The molecule has 0 atom stereocenters. The molecule has 1 aromatic heterocycles.